The topological polar surface area (TPSA) is 65.1 Å². The number of amides is 2. The summed E-state index contributed by atoms with van der Waals surface area (Å²) in [6.07, 6.45) is 2.81. The molecule has 160 valence electrons. The molecule has 0 saturated carbocycles. The van der Waals surface area contributed by atoms with E-state index in [1.165, 1.54) is 0 Å². The zero-order valence-electron chi connectivity index (χ0n) is 18.2. The molecule has 7 nitrogen and oxygen atoms in total. The first-order valence-corrected chi connectivity index (χ1v) is 10.0. The Kier molecular flexibility index (Phi) is 8.22. The predicted octanol–water partition coefficient (Wildman–Crippen LogP) is 2.50. The highest BCUT2D eigenvalue weighted by molar-refractivity contribution is 5.87. The lowest BCUT2D eigenvalue weighted by Gasteiger charge is -2.39. The Balaban J connectivity index is 2.14. The number of nitrogens with zero attached hydrogens (tertiary/aromatic N) is 3. The van der Waals surface area contributed by atoms with Gasteiger partial charge in [-0.25, -0.2) is 4.79 Å². The van der Waals surface area contributed by atoms with Gasteiger partial charge in [0.15, 0.2) is 0 Å². The number of ether oxygens (including phenoxy) is 1. The Morgan fingerprint density at radius 2 is 1.72 bits per heavy atom. The van der Waals surface area contributed by atoms with Gasteiger partial charge in [0.25, 0.3) is 0 Å². The van der Waals surface area contributed by atoms with Crippen LogP contribution in [0.15, 0.2) is 43.0 Å². The van der Waals surface area contributed by atoms with E-state index in [0.29, 0.717) is 0 Å². The van der Waals surface area contributed by atoms with Crippen molar-refractivity contribution in [2.75, 3.05) is 28.2 Å². The van der Waals surface area contributed by atoms with E-state index in [9.17, 15) is 9.59 Å². The second kappa shape index (κ2) is 10.4. The molecule has 0 spiro atoms. The molecule has 1 heterocycles. The van der Waals surface area contributed by atoms with E-state index >= 15 is 0 Å². The zero-order valence-corrected chi connectivity index (χ0v) is 18.2. The number of carbonyl (C=O) groups is 2. The van der Waals surface area contributed by atoms with E-state index in [0.717, 1.165) is 18.4 Å². The van der Waals surface area contributed by atoms with Crippen LogP contribution < -0.4 is 5.32 Å². The Morgan fingerprint density at radius 3 is 2.21 bits per heavy atom. The van der Waals surface area contributed by atoms with Crippen LogP contribution in [0.5, 0.6) is 0 Å². The van der Waals surface area contributed by atoms with Crippen LogP contribution in [0.1, 0.15) is 25.3 Å². The highest BCUT2D eigenvalue weighted by atomic mass is 16.5. The molecule has 2 amide bonds. The van der Waals surface area contributed by atoms with Gasteiger partial charge in [0.2, 0.25) is 5.91 Å². The second-order valence-corrected chi connectivity index (χ2v) is 7.99. The molecule has 1 aliphatic rings. The molecule has 29 heavy (non-hydrogen) atoms. The van der Waals surface area contributed by atoms with Crippen LogP contribution in [0.25, 0.3) is 0 Å². The summed E-state index contributed by atoms with van der Waals surface area (Å²) in [7, 11) is 7.87. The van der Waals surface area contributed by atoms with Gasteiger partial charge >= 0.3 is 6.09 Å². The number of alkyl carbamates (subject to hydrolysis) is 1. The van der Waals surface area contributed by atoms with E-state index in [-0.39, 0.29) is 30.8 Å². The van der Waals surface area contributed by atoms with E-state index in [1.807, 2.05) is 80.1 Å². The van der Waals surface area contributed by atoms with Crippen molar-refractivity contribution in [3.8, 4) is 0 Å². The fourth-order valence-corrected chi connectivity index (χ4v) is 3.69. The predicted molar refractivity (Wildman–Crippen MR) is 114 cm³/mol. The van der Waals surface area contributed by atoms with Gasteiger partial charge < -0.3 is 15.0 Å². The normalized spacial score (nSPS) is 21.1. The van der Waals surface area contributed by atoms with Crippen LogP contribution in [0, 0.1) is 5.92 Å². The summed E-state index contributed by atoms with van der Waals surface area (Å²) in [5.74, 6) is -0.359. The van der Waals surface area contributed by atoms with Gasteiger partial charge in [-0.15, -0.1) is 6.58 Å². The largest absolute Gasteiger partial charge is 0.445 e. The van der Waals surface area contributed by atoms with Crippen LogP contribution in [-0.2, 0) is 16.1 Å². The van der Waals surface area contributed by atoms with Crippen molar-refractivity contribution < 1.29 is 14.3 Å². The van der Waals surface area contributed by atoms with Crippen LogP contribution in [0.4, 0.5) is 4.79 Å². The third kappa shape index (κ3) is 5.81. The molecular formula is C22H34N4O3. The third-order valence-corrected chi connectivity index (χ3v) is 5.42. The molecule has 1 N–H and O–H groups in total. The standard InChI is InChI=1S/C22H34N4O3/c1-7-16(2)20(23-22(28)29-15-17-11-9-8-10-12-17)21(27)26-18(24(3)4)13-14-19(26)25(5)6/h7-12,16,18-20H,1,13-15H2,2-6H3,(H,23,28)/t16-,18?,19?,20+/m0/s1. The van der Waals surface area contributed by atoms with Crippen LogP contribution >= 0.6 is 0 Å². The SMILES string of the molecule is C=C[C@H](C)[C@@H](NC(=O)OCc1ccccc1)C(=O)N1C(N(C)C)CCC1N(C)C. The molecule has 1 aromatic carbocycles. The van der Waals surface area contributed by atoms with Gasteiger partial charge in [-0.1, -0.05) is 43.3 Å². The number of benzene rings is 1. The summed E-state index contributed by atoms with van der Waals surface area (Å²) in [5.41, 5.74) is 0.891. The van der Waals surface area contributed by atoms with Gasteiger partial charge in [-0.05, 0) is 46.6 Å². The van der Waals surface area contributed by atoms with Crippen molar-refractivity contribution in [1.29, 1.82) is 0 Å². The van der Waals surface area contributed by atoms with Crippen LogP contribution in [-0.4, -0.2) is 73.3 Å². The summed E-state index contributed by atoms with van der Waals surface area (Å²) in [5, 5.41) is 2.77. The van der Waals surface area contributed by atoms with Crippen LogP contribution in [0.2, 0.25) is 0 Å². The molecule has 4 atom stereocenters. The first-order valence-electron chi connectivity index (χ1n) is 10.0. The molecule has 0 aliphatic carbocycles. The molecule has 0 aromatic heterocycles. The fourth-order valence-electron chi connectivity index (χ4n) is 3.69. The van der Waals surface area contributed by atoms with E-state index in [1.54, 1.807) is 6.08 Å². The summed E-state index contributed by atoms with van der Waals surface area (Å²) < 4.78 is 5.34. The molecule has 2 unspecified atom stereocenters. The Morgan fingerprint density at radius 1 is 1.17 bits per heavy atom. The lowest BCUT2D eigenvalue weighted by atomic mass is 10.0. The molecule has 0 radical (unpaired) electrons. The maximum absolute atomic E-state index is 13.5. The average Bonchev–Trinajstić information content (AvgIpc) is 3.16. The maximum Gasteiger partial charge on any atom is 0.408 e. The highest BCUT2D eigenvalue weighted by Gasteiger charge is 2.43. The van der Waals surface area contributed by atoms with E-state index < -0.39 is 12.1 Å². The summed E-state index contributed by atoms with van der Waals surface area (Å²) in [4.78, 5) is 31.9. The molecule has 0 bridgehead atoms. The molecule has 1 fully saturated rings. The smallest absolute Gasteiger partial charge is 0.408 e. The highest BCUT2D eigenvalue weighted by Crippen LogP contribution is 2.28. The zero-order chi connectivity index (χ0) is 21.6. The van der Waals surface area contributed by atoms with Crippen molar-refractivity contribution >= 4 is 12.0 Å². The van der Waals surface area contributed by atoms with Crippen molar-refractivity contribution in [2.24, 2.45) is 5.92 Å². The number of carbonyl (C=O) groups excluding carboxylic acids is 2. The minimum absolute atomic E-state index is 0.0171. The molecule has 1 saturated heterocycles. The lowest BCUT2D eigenvalue weighted by Crippen LogP contribution is -2.59. The quantitative estimate of drug-likeness (QED) is 0.677. The van der Waals surface area contributed by atoms with Gasteiger partial charge in [0.1, 0.15) is 12.6 Å². The second-order valence-electron chi connectivity index (χ2n) is 7.99. The van der Waals surface area contributed by atoms with E-state index in [4.69, 9.17) is 4.74 Å². The van der Waals surface area contributed by atoms with Crippen LogP contribution in [0.3, 0.4) is 0 Å². The van der Waals surface area contributed by atoms with Crippen molar-refractivity contribution in [2.45, 2.75) is 44.7 Å². The Bertz CT molecular complexity index is 677. The number of rotatable bonds is 8. The van der Waals surface area contributed by atoms with Gasteiger partial charge in [0.05, 0.1) is 12.3 Å². The van der Waals surface area contributed by atoms with Crippen molar-refractivity contribution in [3.05, 3.63) is 48.6 Å². The lowest BCUT2D eigenvalue weighted by molar-refractivity contribution is -0.143. The number of nitrogens with one attached hydrogen (secondary N) is 1. The summed E-state index contributed by atoms with van der Waals surface area (Å²) >= 11 is 0. The van der Waals surface area contributed by atoms with Gasteiger partial charge in [-0.2, -0.15) is 0 Å². The molecule has 7 heteroatoms. The maximum atomic E-state index is 13.5. The average molecular weight is 403 g/mol. The minimum Gasteiger partial charge on any atom is -0.445 e. The number of hydrogen-bond donors (Lipinski definition) is 1. The molecule has 2 rings (SSSR count). The Hall–Kier alpha value is -2.38. The number of hydrogen-bond acceptors (Lipinski definition) is 5. The molecule has 1 aliphatic heterocycles. The molecular weight excluding hydrogens is 368 g/mol. The first kappa shape index (κ1) is 22.9. The minimum atomic E-state index is -0.737. The molecule has 1 aromatic rings. The first-order chi connectivity index (χ1) is 13.8. The van der Waals surface area contributed by atoms with Crippen molar-refractivity contribution in [1.82, 2.24) is 20.0 Å². The van der Waals surface area contributed by atoms with E-state index in [2.05, 4.69) is 11.9 Å². The third-order valence-electron chi connectivity index (χ3n) is 5.42. The summed E-state index contributed by atoms with van der Waals surface area (Å²) in [6, 6.07) is 8.71. The Labute approximate surface area is 174 Å². The van der Waals surface area contributed by atoms with Gasteiger partial charge in [-0.3, -0.25) is 14.6 Å². The fraction of sp³-hybridized carbons (Fsp3) is 0.545. The summed E-state index contributed by atoms with van der Waals surface area (Å²) in [6.45, 7) is 5.84. The van der Waals surface area contributed by atoms with Gasteiger partial charge in [0, 0.05) is 5.92 Å². The number of likely N-dealkylation sites (tertiary alicyclic amines) is 1. The monoisotopic (exact) mass is 402 g/mol. The van der Waals surface area contributed by atoms with Crippen molar-refractivity contribution in [3.63, 3.8) is 0 Å².